The van der Waals surface area contributed by atoms with Gasteiger partial charge in [0.15, 0.2) is 0 Å². The first-order chi connectivity index (χ1) is 8.85. The lowest BCUT2D eigenvalue weighted by molar-refractivity contribution is 0.668. The summed E-state index contributed by atoms with van der Waals surface area (Å²) in [6.07, 6.45) is 6.43. The van der Waals surface area contributed by atoms with E-state index < -0.39 is 0 Å². The van der Waals surface area contributed by atoms with E-state index in [1.165, 1.54) is 54.0 Å². The summed E-state index contributed by atoms with van der Waals surface area (Å²) < 4.78 is 0. The molecule has 0 amide bonds. The van der Waals surface area contributed by atoms with Crippen molar-refractivity contribution >= 4 is 10.8 Å². The second-order valence-corrected chi connectivity index (χ2v) is 4.99. The summed E-state index contributed by atoms with van der Waals surface area (Å²) in [7, 11) is 0. The van der Waals surface area contributed by atoms with Crippen LogP contribution < -0.4 is 5.73 Å². The highest BCUT2D eigenvalue weighted by molar-refractivity contribution is 5.86. The SMILES string of the molecule is CCCCCCc1cc(CN)cc2ccccc12. The highest BCUT2D eigenvalue weighted by Crippen LogP contribution is 2.23. The van der Waals surface area contributed by atoms with Gasteiger partial charge < -0.3 is 5.73 Å². The van der Waals surface area contributed by atoms with Gasteiger partial charge in [-0.15, -0.1) is 0 Å². The van der Waals surface area contributed by atoms with Gasteiger partial charge in [0.25, 0.3) is 0 Å². The lowest BCUT2D eigenvalue weighted by Crippen LogP contribution is -1.98. The smallest absolute Gasteiger partial charge is 0.0178 e. The summed E-state index contributed by atoms with van der Waals surface area (Å²) in [4.78, 5) is 0. The van der Waals surface area contributed by atoms with Gasteiger partial charge in [-0.1, -0.05) is 56.5 Å². The van der Waals surface area contributed by atoms with Crippen LogP contribution in [0.25, 0.3) is 10.8 Å². The van der Waals surface area contributed by atoms with Crippen molar-refractivity contribution in [3.63, 3.8) is 0 Å². The molecule has 0 aliphatic heterocycles. The van der Waals surface area contributed by atoms with Crippen molar-refractivity contribution in [2.24, 2.45) is 5.73 Å². The molecule has 0 radical (unpaired) electrons. The predicted octanol–water partition coefficient (Wildman–Crippen LogP) is 4.42. The van der Waals surface area contributed by atoms with E-state index in [2.05, 4.69) is 43.3 Å². The Morgan fingerprint density at radius 3 is 2.61 bits per heavy atom. The van der Waals surface area contributed by atoms with E-state index in [0.717, 1.165) is 0 Å². The Hall–Kier alpha value is -1.34. The van der Waals surface area contributed by atoms with Crippen LogP contribution in [0, 0.1) is 0 Å². The Balaban J connectivity index is 2.23. The lowest BCUT2D eigenvalue weighted by atomic mass is 9.97. The van der Waals surface area contributed by atoms with Gasteiger partial charge in [0.1, 0.15) is 0 Å². The van der Waals surface area contributed by atoms with Gasteiger partial charge in [-0.2, -0.15) is 0 Å². The topological polar surface area (TPSA) is 26.0 Å². The number of unbranched alkanes of at least 4 members (excludes halogenated alkanes) is 3. The molecule has 0 bridgehead atoms. The molecular weight excluding hydrogens is 218 g/mol. The number of benzene rings is 2. The van der Waals surface area contributed by atoms with Crippen molar-refractivity contribution in [1.82, 2.24) is 0 Å². The Kier molecular flexibility index (Phi) is 4.77. The summed E-state index contributed by atoms with van der Waals surface area (Å²) in [5, 5.41) is 2.72. The minimum Gasteiger partial charge on any atom is -0.326 e. The van der Waals surface area contributed by atoms with Gasteiger partial charge in [-0.25, -0.2) is 0 Å². The van der Waals surface area contributed by atoms with Crippen molar-refractivity contribution in [3.05, 3.63) is 47.5 Å². The normalized spacial score (nSPS) is 11.0. The van der Waals surface area contributed by atoms with Crippen LogP contribution in [0.3, 0.4) is 0 Å². The summed E-state index contributed by atoms with van der Waals surface area (Å²) in [5.74, 6) is 0. The molecule has 0 aliphatic rings. The first kappa shape index (κ1) is 13.1. The second kappa shape index (κ2) is 6.55. The van der Waals surface area contributed by atoms with Gasteiger partial charge >= 0.3 is 0 Å². The van der Waals surface area contributed by atoms with Gasteiger partial charge in [-0.3, -0.25) is 0 Å². The molecule has 2 aromatic rings. The molecule has 0 aromatic heterocycles. The average Bonchev–Trinajstić information content (AvgIpc) is 2.43. The van der Waals surface area contributed by atoms with Gasteiger partial charge in [0.2, 0.25) is 0 Å². The molecule has 0 spiro atoms. The summed E-state index contributed by atoms with van der Waals surface area (Å²) in [6, 6.07) is 13.1. The van der Waals surface area contributed by atoms with E-state index in [4.69, 9.17) is 5.73 Å². The number of nitrogens with two attached hydrogens (primary N) is 1. The minimum absolute atomic E-state index is 0.632. The van der Waals surface area contributed by atoms with Crippen LogP contribution in [0.15, 0.2) is 36.4 Å². The molecule has 96 valence electrons. The van der Waals surface area contributed by atoms with E-state index in [1.807, 2.05) is 0 Å². The largest absolute Gasteiger partial charge is 0.326 e. The van der Waals surface area contributed by atoms with Crippen molar-refractivity contribution in [3.8, 4) is 0 Å². The number of fused-ring (bicyclic) bond motifs is 1. The van der Waals surface area contributed by atoms with E-state index in [0.29, 0.717) is 6.54 Å². The third-order valence-electron chi connectivity index (χ3n) is 3.54. The predicted molar refractivity (Wildman–Crippen MR) is 79.7 cm³/mol. The van der Waals surface area contributed by atoms with E-state index in [1.54, 1.807) is 0 Å². The Labute approximate surface area is 110 Å². The monoisotopic (exact) mass is 241 g/mol. The molecule has 2 rings (SSSR count). The van der Waals surface area contributed by atoms with Gasteiger partial charge in [0.05, 0.1) is 0 Å². The molecule has 0 unspecified atom stereocenters. The van der Waals surface area contributed by atoms with Crippen LogP contribution in [0.5, 0.6) is 0 Å². The maximum absolute atomic E-state index is 5.79. The van der Waals surface area contributed by atoms with E-state index in [9.17, 15) is 0 Å². The molecule has 1 nitrogen and oxygen atoms in total. The second-order valence-electron chi connectivity index (χ2n) is 4.99. The Morgan fingerprint density at radius 1 is 1.00 bits per heavy atom. The Bertz CT molecular complexity index is 502. The zero-order valence-electron chi connectivity index (χ0n) is 11.3. The molecule has 2 N–H and O–H groups in total. The molecule has 0 fully saturated rings. The van der Waals surface area contributed by atoms with Crippen LogP contribution >= 0.6 is 0 Å². The van der Waals surface area contributed by atoms with Crippen molar-refractivity contribution < 1.29 is 0 Å². The first-order valence-corrected chi connectivity index (χ1v) is 7.05. The number of hydrogen-bond acceptors (Lipinski definition) is 1. The minimum atomic E-state index is 0.632. The van der Waals surface area contributed by atoms with E-state index >= 15 is 0 Å². The fourth-order valence-corrected chi connectivity index (χ4v) is 2.53. The zero-order valence-corrected chi connectivity index (χ0v) is 11.3. The highest BCUT2D eigenvalue weighted by Gasteiger charge is 2.03. The highest BCUT2D eigenvalue weighted by atomic mass is 14.5. The third-order valence-corrected chi connectivity index (χ3v) is 3.54. The van der Waals surface area contributed by atoms with Crippen LogP contribution in [-0.2, 0) is 13.0 Å². The molecular formula is C17H23N. The zero-order chi connectivity index (χ0) is 12.8. The summed E-state index contributed by atoms with van der Waals surface area (Å²) >= 11 is 0. The van der Waals surface area contributed by atoms with Crippen LogP contribution in [0.2, 0.25) is 0 Å². The molecule has 0 aliphatic carbocycles. The number of aryl methyl sites for hydroxylation is 1. The lowest BCUT2D eigenvalue weighted by Gasteiger charge is -2.09. The van der Waals surface area contributed by atoms with Crippen molar-refractivity contribution in [1.29, 1.82) is 0 Å². The van der Waals surface area contributed by atoms with E-state index in [-0.39, 0.29) is 0 Å². The quantitative estimate of drug-likeness (QED) is 0.744. The third kappa shape index (κ3) is 3.11. The Morgan fingerprint density at radius 2 is 1.83 bits per heavy atom. The molecule has 0 saturated carbocycles. The average molecular weight is 241 g/mol. The molecule has 0 atom stereocenters. The number of rotatable bonds is 6. The molecule has 1 heteroatoms. The van der Waals surface area contributed by atoms with Crippen molar-refractivity contribution in [2.45, 2.75) is 45.6 Å². The maximum Gasteiger partial charge on any atom is 0.0178 e. The van der Waals surface area contributed by atoms with Crippen LogP contribution in [-0.4, -0.2) is 0 Å². The van der Waals surface area contributed by atoms with Crippen molar-refractivity contribution in [2.75, 3.05) is 0 Å². The maximum atomic E-state index is 5.79. The van der Waals surface area contributed by atoms with Crippen LogP contribution in [0.4, 0.5) is 0 Å². The molecule has 2 aromatic carbocycles. The fourth-order valence-electron chi connectivity index (χ4n) is 2.53. The van der Waals surface area contributed by atoms with Gasteiger partial charge in [-0.05, 0) is 40.8 Å². The number of hydrogen-bond donors (Lipinski definition) is 1. The molecule has 18 heavy (non-hydrogen) atoms. The fraction of sp³-hybridized carbons (Fsp3) is 0.412. The molecule has 0 heterocycles. The first-order valence-electron chi connectivity index (χ1n) is 7.05. The summed E-state index contributed by atoms with van der Waals surface area (Å²) in [6.45, 7) is 2.89. The molecule has 0 saturated heterocycles. The van der Waals surface area contributed by atoms with Crippen LogP contribution in [0.1, 0.15) is 43.7 Å². The standard InChI is InChI=1S/C17H23N/c1-2-3-4-5-8-15-11-14(13-18)12-16-9-6-7-10-17(15)16/h6-7,9-12H,2-5,8,13,18H2,1H3. The summed E-state index contributed by atoms with van der Waals surface area (Å²) in [5.41, 5.74) is 8.50. The van der Waals surface area contributed by atoms with Gasteiger partial charge in [0, 0.05) is 6.54 Å².